The molecule has 0 aromatic heterocycles. The first-order chi connectivity index (χ1) is 2.89. The fourth-order valence-electron chi connectivity index (χ4n) is 0.464. The van der Waals surface area contributed by atoms with Gasteiger partial charge >= 0.3 is 53.3 Å². The molecule has 1 heterocycles. The maximum atomic E-state index is 2.21. The molecule has 0 amide bonds. The van der Waals surface area contributed by atoms with Crippen LogP contribution in [0.3, 0.4) is 0 Å². The van der Waals surface area contributed by atoms with E-state index in [9.17, 15) is 0 Å². The van der Waals surface area contributed by atoms with Crippen LogP contribution in [0.5, 0.6) is 0 Å². The van der Waals surface area contributed by atoms with Gasteiger partial charge in [0.15, 0.2) is 0 Å². The first-order valence-electron chi connectivity index (χ1n) is 2.01. The van der Waals surface area contributed by atoms with Gasteiger partial charge in [-0.2, -0.15) is 0 Å². The Morgan fingerprint density at radius 3 is 2.67 bits per heavy atom. The summed E-state index contributed by atoms with van der Waals surface area (Å²) in [5.41, 5.74) is 0. The summed E-state index contributed by atoms with van der Waals surface area (Å²) in [5.74, 6) is 2.20. The van der Waals surface area contributed by atoms with Crippen LogP contribution in [0.4, 0.5) is 0 Å². The van der Waals surface area contributed by atoms with Crippen molar-refractivity contribution in [1.82, 2.24) is 0 Å². The Kier molecular flexibility index (Phi) is 1.47. The zero-order valence-corrected chi connectivity index (χ0v) is 8.01. The molecule has 0 bridgehead atoms. The van der Waals surface area contributed by atoms with E-state index in [2.05, 4.69) is 18.1 Å². The van der Waals surface area contributed by atoms with E-state index in [-0.39, 0.29) is 0 Å². The molecule has 0 aromatic carbocycles. The normalized spacial score (nSPS) is 17.2. The van der Waals surface area contributed by atoms with E-state index in [0.29, 0.717) is 0 Å². The molecule has 30 valence electrons. The molecule has 0 nitrogen and oxygen atoms in total. The van der Waals surface area contributed by atoms with Crippen LogP contribution in [0.25, 0.3) is 0 Å². The van der Waals surface area contributed by atoms with E-state index < -0.39 is 0 Å². The molecule has 1 rings (SSSR count). The predicted molar refractivity (Wildman–Crippen MR) is 32.9 cm³/mol. The van der Waals surface area contributed by atoms with Crippen molar-refractivity contribution in [2.24, 2.45) is 0 Å². The van der Waals surface area contributed by atoms with Crippen molar-refractivity contribution in [3.05, 3.63) is 21.3 Å². The minimum absolute atomic E-state index is 1.07. The van der Waals surface area contributed by atoms with Gasteiger partial charge in [0.1, 0.15) is 0 Å². The molecule has 0 N–H and O–H groups in total. The van der Waals surface area contributed by atoms with E-state index in [1.165, 1.54) is 7.28 Å². The van der Waals surface area contributed by atoms with E-state index in [1.807, 2.05) is 0 Å². The van der Waals surface area contributed by atoms with E-state index >= 15 is 0 Å². The Hall–Kier alpha value is 0.428. The quantitative estimate of drug-likeness (QED) is 0.519. The van der Waals surface area contributed by atoms with Gasteiger partial charge in [0.2, 0.25) is 0 Å². The monoisotopic (exact) mass is 274 g/mol. The van der Waals surface area contributed by atoms with Crippen molar-refractivity contribution in [3.63, 3.8) is 0 Å². The molecule has 0 spiro atoms. The second-order valence-corrected chi connectivity index (χ2v) is 4.26. The number of allylic oxidation sites excluding steroid dienone is 2. The Morgan fingerprint density at radius 1 is 1.67 bits per heavy atom. The molecule has 0 saturated heterocycles. The van der Waals surface area contributed by atoms with Gasteiger partial charge in [-0.25, -0.2) is 0 Å². The Morgan fingerprint density at radius 2 is 2.50 bits per heavy atom. The molecule has 1 aliphatic heterocycles. The third-order valence-electron chi connectivity index (χ3n) is 0.800. The molecular weight excluding hydrogens is 268 g/mol. The summed E-state index contributed by atoms with van der Waals surface area (Å²) < 4.78 is 1.63. The summed E-state index contributed by atoms with van der Waals surface area (Å²) >= 11 is 1.07. The zero-order valence-electron chi connectivity index (χ0n) is 3.52. The molecule has 6 heavy (non-hydrogen) atoms. The van der Waals surface area contributed by atoms with Crippen molar-refractivity contribution in [1.29, 1.82) is 0 Å². The van der Waals surface area contributed by atoms with Crippen molar-refractivity contribution in [3.8, 4) is 0 Å². The van der Waals surface area contributed by atoms with Crippen LogP contribution in [-0.4, -0.2) is 32.0 Å². The van der Waals surface area contributed by atoms with Gasteiger partial charge in [-0.15, -0.1) is 0 Å². The maximum absolute atomic E-state index is 2.21. The third-order valence-corrected chi connectivity index (χ3v) is 2.46. The fourth-order valence-corrected chi connectivity index (χ4v) is 1.42. The van der Waals surface area contributed by atoms with Crippen LogP contribution in [-0.2, 0) is 0 Å². The van der Waals surface area contributed by atoms with Gasteiger partial charge in [-0.3, -0.25) is 0 Å². The average Bonchev–Trinajstić information content (AvgIpc) is 1.86. The van der Waals surface area contributed by atoms with E-state index in [4.69, 9.17) is 0 Å². The molecule has 0 aliphatic carbocycles. The number of hydrogen-bond donors (Lipinski definition) is 0. The fraction of sp³-hybridized carbons (Fsp3) is 0. The first-order valence-corrected chi connectivity index (χ1v) is 4.25. The van der Waals surface area contributed by atoms with Crippen molar-refractivity contribution in [2.45, 2.75) is 0 Å². The van der Waals surface area contributed by atoms with Crippen LogP contribution in [0.15, 0.2) is 21.3 Å². The number of hydrogen-bond acceptors (Lipinski definition) is 0. The molecule has 0 radical (unpaired) electrons. The Labute approximate surface area is 53.4 Å². The van der Waals surface area contributed by atoms with E-state index in [1.54, 1.807) is 3.18 Å². The summed E-state index contributed by atoms with van der Waals surface area (Å²) in [5, 5.41) is 0. The molecule has 2 heteroatoms. The second-order valence-electron chi connectivity index (χ2n) is 1.37. The van der Waals surface area contributed by atoms with Gasteiger partial charge in [-0.1, -0.05) is 0 Å². The van der Waals surface area contributed by atoms with Crippen LogP contribution in [0.2, 0.25) is 0 Å². The summed E-state index contributed by atoms with van der Waals surface area (Å²) in [6, 6.07) is 0. The summed E-state index contributed by atoms with van der Waals surface area (Å²) in [6.45, 7) is 0. The first kappa shape index (κ1) is 4.58. The predicted octanol–water partition coefficient (Wildman–Crippen LogP) is -0.575. The van der Waals surface area contributed by atoms with Gasteiger partial charge in [0, 0.05) is 0 Å². The zero-order chi connectivity index (χ0) is 4.41. The Bertz CT molecular complexity index is 104. The van der Waals surface area contributed by atoms with Gasteiger partial charge in [0.25, 0.3) is 0 Å². The second kappa shape index (κ2) is 1.93. The summed E-state index contributed by atoms with van der Waals surface area (Å²) in [6.07, 6.45) is 4.35. The summed E-state index contributed by atoms with van der Waals surface area (Å²) in [7, 11) is 1.24. The molecule has 0 fully saturated rings. The standard InChI is InChI=1S/C4H4B.Bi.2H/c1-2-4-5-3-1;;;/h1-3,5H;;;. The SMILES string of the molecule is [BiH2][C]1=CC=CB1. The van der Waals surface area contributed by atoms with Crippen LogP contribution in [0.1, 0.15) is 0 Å². The third kappa shape index (κ3) is 0.943. The topological polar surface area (TPSA) is 0 Å². The van der Waals surface area contributed by atoms with Gasteiger partial charge < -0.3 is 0 Å². The number of rotatable bonds is 0. The van der Waals surface area contributed by atoms with Crippen molar-refractivity contribution in [2.75, 3.05) is 0 Å². The van der Waals surface area contributed by atoms with Crippen molar-refractivity contribution < 1.29 is 0 Å². The molecule has 1 aliphatic rings. The van der Waals surface area contributed by atoms with E-state index in [0.717, 1.165) is 24.7 Å². The van der Waals surface area contributed by atoms with Gasteiger partial charge in [-0.05, 0) is 0 Å². The average molecular weight is 274 g/mol. The van der Waals surface area contributed by atoms with Crippen LogP contribution in [0, 0.1) is 0 Å². The molecule has 0 unspecified atom stereocenters. The van der Waals surface area contributed by atoms with Gasteiger partial charge in [0.05, 0.1) is 0 Å². The Balaban J connectivity index is 2.61. The summed E-state index contributed by atoms with van der Waals surface area (Å²) in [4.78, 5) is 0. The van der Waals surface area contributed by atoms with Crippen molar-refractivity contribution >= 4 is 32.0 Å². The molecular formula is C4H6BBi. The minimum atomic E-state index is 1.07. The van der Waals surface area contributed by atoms with Crippen LogP contribution >= 0.6 is 0 Å². The van der Waals surface area contributed by atoms with Crippen LogP contribution < -0.4 is 0 Å². The molecule has 0 saturated carbocycles. The molecule has 0 atom stereocenters. The molecule has 0 aromatic rings.